The van der Waals surface area contributed by atoms with Crippen LogP contribution in [0.1, 0.15) is 78.3 Å². The van der Waals surface area contributed by atoms with Crippen molar-refractivity contribution in [1.29, 1.82) is 0 Å². The van der Waals surface area contributed by atoms with Gasteiger partial charge in [-0.05, 0) is 62.0 Å². The van der Waals surface area contributed by atoms with E-state index < -0.39 is 47.5 Å². The van der Waals surface area contributed by atoms with Crippen LogP contribution in [-0.2, 0) is 20.7 Å². The first-order valence-electron chi connectivity index (χ1n) is 15.5. The number of amides is 2. The maximum absolute atomic E-state index is 14.1. The minimum Gasteiger partial charge on any atom is -0.497 e. The van der Waals surface area contributed by atoms with E-state index in [9.17, 15) is 19.5 Å². The number of carboxylic acid groups (broad SMARTS) is 1. The molecule has 11 nitrogen and oxygen atoms in total. The maximum atomic E-state index is 14.1. The number of nitrogens with one attached hydrogen (secondary N) is 1. The van der Waals surface area contributed by atoms with Crippen molar-refractivity contribution < 1.29 is 33.7 Å². The maximum Gasteiger partial charge on any atom is 0.408 e. The van der Waals surface area contributed by atoms with Crippen LogP contribution in [0.2, 0.25) is 0 Å². The van der Waals surface area contributed by atoms with Crippen LogP contribution in [0.25, 0.3) is 11.0 Å². The first-order chi connectivity index (χ1) is 20.5. The first kappa shape index (κ1) is 30.8. The third-order valence-electron chi connectivity index (χ3n) is 9.21. The van der Waals surface area contributed by atoms with E-state index in [0.29, 0.717) is 29.3 Å². The number of alkyl carbamates (subject to hydrolysis) is 1. The summed E-state index contributed by atoms with van der Waals surface area (Å²) in [6.45, 7) is 7.32. The Kier molecular flexibility index (Phi) is 8.99. The molecule has 11 heteroatoms. The highest BCUT2D eigenvalue weighted by Crippen LogP contribution is 2.35. The number of hydrogen-bond donors (Lipinski definition) is 2. The zero-order valence-corrected chi connectivity index (χ0v) is 25.8. The molecule has 1 aliphatic carbocycles. The summed E-state index contributed by atoms with van der Waals surface area (Å²) in [7, 11) is 1.59. The molecule has 234 valence electrons. The largest absolute Gasteiger partial charge is 0.497 e. The van der Waals surface area contributed by atoms with Crippen LogP contribution in [0.5, 0.6) is 11.6 Å². The average Bonchev–Trinajstić information content (AvgIpc) is 3.53. The summed E-state index contributed by atoms with van der Waals surface area (Å²) in [6.07, 6.45) is 5.79. The van der Waals surface area contributed by atoms with Gasteiger partial charge in [0.2, 0.25) is 11.8 Å². The lowest BCUT2D eigenvalue weighted by Crippen LogP contribution is -2.57. The number of ether oxygens (including phenoxy) is 3. The van der Waals surface area contributed by atoms with Gasteiger partial charge in [0.1, 0.15) is 35.7 Å². The molecule has 43 heavy (non-hydrogen) atoms. The average molecular weight is 597 g/mol. The molecule has 0 spiro atoms. The van der Waals surface area contributed by atoms with Crippen molar-refractivity contribution in [3.8, 4) is 11.6 Å². The molecule has 6 unspecified atom stereocenters. The number of aromatic nitrogens is 2. The van der Waals surface area contributed by atoms with Crippen LogP contribution >= 0.6 is 0 Å². The number of fused-ring (bicyclic) bond motifs is 5. The fraction of sp³-hybridized carbons (Fsp3) is 0.656. The molecular weight excluding hydrogens is 552 g/mol. The lowest BCUT2D eigenvalue weighted by molar-refractivity contribution is -0.151. The van der Waals surface area contributed by atoms with Crippen LogP contribution in [0.4, 0.5) is 4.79 Å². The summed E-state index contributed by atoms with van der Waals surface area (Å²) in [6, 6.07) is 3.37. The molecule has 5 rings (SSSR count). The minimum absolute atomic E-state index is 0.0300. The van der Waals surface area contributed by atoms with Crippen LogP contribution in [0.15, 0.2) is 18.2 Å². The number of methoxy groups -OCH3 is 1. The summed E-state index contributed by atoms with van der Waals surface area (Å²) in [5.74, 6) is -0.888. The summed E-state index contributed by atoms with van der Waals surface area (Å²) in [5.41, 5.74) is 1.34. The fourth-order valence-corrected chi connectivity index (χ4v) is 6.74. The van der Waals surface area contributed by atoms with E-state index in [2.05, 4.69) is 5.32 Å². The molecule has 0 radical (unpaired) electrons. The fourth-order valence-electron chi connectivity index (χ4n) is 6.74. The number of carbonyl (C=O) groups excluding carboxylic acids is 2. The molecule has 6 atom stereocenters. The normalized spacial score (nSPS) is 29.0. The van der Waals surface area contributed by atoms with E-state index in [1.807, 2.05) is 32.9 Å². The first-order valence-corrected chi connectivity index (χ1v) is 15.5. The quantitative estimate of drug-likeness (QED) is 0.503. The SMILES string of the molecule is COc1ccc2nc3c(nc2c1)OC1CN(C(=O)C(C(C)(C)C)NC(=O)OC2CCCC2CCCCC3)C(C(=O)O)C1C. The van der Waals surface area contributed by atoms with Gasteiger partial charge in [0, 0.05) is 12.0 Å². The Morgan fingerprint density at radius 3 is 2.51 bits per heavy atom. The Labute approximate surface area is 252 Å². The molecular formula is C32H44N4O7. The summed E-state index contributed by atoms with van der Waals surface area (Å²) in [4.78, 5) is 50.8. The number of carboxylic acids is 1. The van der Waals surface area contributed by atoms with E-state index >= 15 is 0 Å². The topological polar surface area (TPSA) is 140 Å². The van der Waals surface area contributed by atoms with E-state index in [1.54, 1.807) is 20.1 Å². The Bertz CT molecular complexity index is 1360. The van der Waals surface area contributed by atoms with Gasteiger partial charge in [-0.2, -0.15) is 0 Å². The van der Waals surface area contributed by atoms with Gasteiger partial charge in [-0.15, -0.1) is 0 Å². The number of carbonyl (C=O) groups is 3. The third-order valence-corrected chi connectivity index (χ3v) is 9.21. The van der Waals surface area contributed by atoms with Crippen molar-refractivity contribution in [2.45, 2.75) is 103 Å². The van der Waals surface area contributed by atoms with Crippen molar-refractivity contribution in [2.75, 3.05) is 13.7 Å². The van der Waals surface area contributed by atoms with Gasteiger partial charge in [0.05, 0.1) is 24.7 Å². The lowest BCUT2D eigenvalue weighted by Gasteiger charge is -2.35. The predicted octanol–water partition coefficient (Wildman–Crippen LogP) is 4.74. The smallest absolute Gasteiger partial charge is 0.408 e. The molecule has 2 fully saturated rings. The number of rotatable bonds is 2. The van der Waals surface area contributed by atoms with E-state index in [-0.39, 0.29) is 18.6 Å². The molecule has 2 N–H and O–H groups in total. The Morgan fingerprint density at radius 2 is 1.79 bits per heavy atom. The number of aliphatic carboxylic acids is 1. The zero-order chi connectivity index (χ0) is 30.9. The van der Waals surface area contributed by atoms with Gasteiger partial charge in [0.25, 0.3) is 0 Å². The van der Waals surface area contributed by atoms with Gasteiger partial charge < -0.3 is 29.5 Å². The molecule has 1 saturated heterocycles. The number of aryl methyl sites for hydroxylation is 1. The Morgan fingerprint density at radius 1 is 1.02 bits per heavy atom. The summed E-state index contributed by atoms with van der Waals surface area (Å²) < 4.78 is 17.7. The van der Waals surface area contributed by atoms with Crippen molar-refractivity contribution in [3.63, 3.8) is 0 Å². The standard InChI is InChI=1S/C32H44N4O7/c1-18-25-17-36(26(18)30(38)39)29(37)27(32(2,3)4)35-31(40)43-24-13-9-11-19(24)10-7-6-8-12-22-28(42-25)34-23-16-20(41-5)14-15-21(23)33-22/h14-16,18-19,24-27H,6-13,17H2,1-5H3,(H,35,40)(H,38,39). The number of benzene rings is 1. The number of hydrogen-bond acceptors (Lipinski definition) is 8. The molecule has 2 aliphatic heterocycles. The molecule has 3 heterocycles. The highest BCUT2D eigenvalue weighted by Gasteiger charge is 2.50. The summed E-state index contributed by atoms with van der Waals surface area (Å²) in [5, 5.41) is 13.1. The Balaban J connectivity index is 1.52. The van der Waals surface area contributed by atoms with Gasteiger partial charge in [0.15, 0.2) is 0 Å². The van der Waals surface area contributed by atoms with Crippen LogP contribution in [0.3, 0.4) is 0 Å². The highest BCUT2D eigenvalue weighted by atomic mass is 16.6. The van der Waals surface area contributed by atoms with Crippen molar-refractivity contribution in [2.24, 2.45) is 17.3 Å². The lowest BCUT2D eigenvalue weighted by atomic mass is 9.85. The van der Waals surface area contributed by atoms with E-state index in [0.717, 1.165) is 50.5 Å². The molecule has 3 aliphatic rings. The molecule has 2 aromatic rings. The molecule has 1 saturated carbocycles. The third kappa shape index (κ3) is 6.65. The highest BCUT2D eigenvalue weighted by molar-refractivity contribution is 5.90. The zero-order valence-electron chi connectivity index (χ0n) is 25.8. The van der Waals surface area contributed by atoms with Gasteiger partial charge >= 0.3 is 12.1 Å². The second-order valence-electron chi connectivity index (χ2n) is 13.3. The van der Waals surface area contributed by atoms with Crippen molar-refractivity contribution in [3.05, 3.63) is 23.9 Å². The van der Waals surface area contributed by atoms with Gasteiger partial charge in [-0.1, -0.05) is 40.5 Å². The number of nitrogens with zero attached hydrogens (tertiary/aromatic N) is 3. The second kappa shape index (κ2) is 12.5. The molecule has 2 bridgehead atoms. The minimum atomic E-state index is -1.14. The molecule has 2 amide bonds. The van der Waals surface area contributed by atoms with Gasteiger partial charge in [-0.25, -0.2) is 19.6 Å². The second-order valence-corrected chi connectivity index (χ2v) is 13.3. The molecule has 1 aromatic carbocycles. The van der Waals surface area contributed by atoms with Crippen LogP contribution < -0.4 is 14.8 Å². The molecule has 1 aromatic heterocycles. The van der Waals surface area contributed by atoms with Crippen LogP contribution in [0, 0.1) is 17.3 Å². The monoisotopic (exact) mass is 596 g/mol. The Hall–Kier alpha value is -3.63. The van der Waals surface area contributed by atoms with Crippen molar-refractivity contribution in [1.82, 2.24) is 20.2 Å². The van der Waals surface area contributed by atoms with Crippen molar-refractivity contribution >= 4 is 29.0 Å². The van der Waals surface area contributed by atoms with E-state index in [4.69, 9.17) is 24.2 Å². The van der Waals surface area contributed by atoms with E-state index in [1.165, 1.54) is 4.90 Å². The van der Waals surface area contributed by atoms with Crippen LogP contribution in [-0.4, -0.2) is 75.9 Å². The predicted molar refractivity (Wildman–Crippen MR) is 159 cm³/mol. The van der Waals surface area contributed by atoms with Gasteiger partial charge in [-0.3, -0.25) is 4.79 Å². The summed E-state index contributed by atoms with van der Waals surface area (Å²) >= 11 is 0.